The molecule has 0 saturated heterocycles. The number of aryl methyl sites for hydroxylation is 1. The molecule has 0 unspecified atom stereocenters. The Bertz CT molecular complexity index is 613. The number of nitrogens with zero attached hydrogens (tertiary/aromatic N) is 1. The van der Waals surface area contributed by atoms with Crippen molar-refractivity contribution in [2.75, 3.05) is 0 Å². The van der Waals surface area contributed by atoms with Gasteiger partial charge in [0.15, 0.2) is 0 Å². The fraction of sp³-hybridized carbons (Fsp3) is 0.385. The van der Waals surface area contributed by atoms with Gasteiger partial charge in [-0.2, -0.15) is 0 Å². The van der Waals surface area contributed by atoms with Crippen LogP contribution in [0.3, 0.4) is 0 Å². The van der Waals surface area contributed by atoms with E-state index in [-0.39, 0.29) is 5.97 Å². The first kappa shape index (κ1) is 13.3. The summed E-state index contributed by atoms with van der Waals surface area (Å²) in [7, 11) is 0. The molecule has 2 rings (SSSR count). The second kappa shape index (κ2) is 4.52. The van der Waals surface area contributed by atoms with Crippen LogP contribution < -0.4 is 0 Å². The van der Waals surface area contributed by atoms with Crippen LogP contribution in [0, 0.1) is 6.92 Å². The minimum Gasteiger partial charge on any atom is -0.456 e. The molecular formula is C13H14ClNO2S. The summed E-state index contributed by atoms with van der Waals surface area (Å²) in [5.41, 5.74) is 1.38. The molecule has 0 radical (unpaired) electrons. The zero-order chi connectivity index (χ0) is 13.5. The highest BCUT2D eigenvalue weighted by Crippen LogP contribution is 2.32. The van der Waals surface area contributed by atoms with Gasteiger partial charge in [-0.15, -0.1) is 11.3 Å². The molecule has 96 valence electrons. The van der Waals surface area contributed by atoms with Gasteiger partial charge in [0.1, 0.15) is 5.60 Å². The first-order valence-corrected chi connectivity index (χ1v) is 6.81. The summed E-state index contributed by atoms with van der Waals surface area (Å²) in [5.74, 6) is -0.358. The third-order valence-corrected chi connectivity index (χ3v) is 3.64. The Labute approximate surface area is 115 Å². The molecule has 2 aromatic rings. The third kappa shape index (κ3) is 2.65. The molecule has 3 nitrogen and oxygen atoms in total. The molecule has 5 heteroatoms. The van der Waals surface area contributed by atoms with Crippen molar-refractivity contribution in [1.82, 2.24) is 4.98 Å². The summed E-state index contributed by atoms with van der Waals surface area (Å²) >= 11 is 7.54. The Kier molecular flexibility index (Phi) is 3.34. The summed E-state index contributed by atoms with van der Waals surface area (Å²) in [4.78, 5) is 16.4. The van der Waals surface area contributed by atoms with E-state index in [9.17, 15) is 4.79 Å². The number of ether oxygens (including phenoxy) is 1. The normalized spacial score (nSPS) is 11.8. The highest BCUT2D eigenvalue weighted by molar-refractivity contribution is 7.18. The van der Waals surface area contributed by atoms with Crippen LogP contribution in [0.15, 0.2) is 11.4 Å². The van der Waals surface area contributed by atoms with E-state index >= 15 is 0 Å². The van der Waals surface area contributed by atoms with Crippen molar-refractivity contribution in [2.24, 2.45) is 0 Å². The van der Waals surface area contributed by atoms with E-state index in [1.54, 1.807) is 11.4 Å². The zero-order valence-corrected chi connectivity index (χ0v) is 12.3. The number of fused-ring (bicyclic) bond motifs is 1. The maximum Gasteiger partial charge on any atom is 0.341 e. The standard InChI is InChI=1S/C13H14ClNO2S/c1-7-5-9(14)11-10(15-7)8(6-18-11)12(16)17-13(2,3)4/h5-6H,1-4H3. The molecule has 0 N–H and O–H groups in total. The highest BCUT2D eigenvalue weighted by atomic mass is 35.5. The van der Waals surface area contributed by atoms with Gasteiger partial charge in [-0.25, -0.2) is 4.79 Å². The molecule has 0 fully saturated rings. The predicted octanol–water partition coefficient (Wildman–Crippen LogP) is 4.21. The molecule has 0 aliphatic rings. The topological polar surface area (TPSA) is 39.2 Å². The van der Waals surface area contributed by atoms with Crippen LogP contribution in [-0.2, 0) is 4.74 Å². The van der Waals surface area contributed by atoms with Crippen molar-refractivity contribution in [1.29, 1.82) is 0 Å². The average molecular weight is 284 g/mol. The quantitative estimate of drug-likeness (QED) is 0.736. The highest BCUT2D eigenvalue weighted by Gasteiger charge is 2.22. The number of rotatable bonds is 1. The Morgan fingerprint density at radius 3 is 2.72 bits per heavy atom. The second-order valence-electron chi connectivity index (χ2n) is 5.07. The van der Waals surface area contributed by atoms with Gasteiger partial charge in [0.25, 0.3) is 0 Å². The molecule has 0 atom stereocenters. The molecule has 2 aromatic heterocycles. The van der Waals surface area contributed by atoms with Crippen LogP contribution in [0.25, 0.3) is 10.2 Å². The molecule has 0 aromatic carbocycles. The van der Waals surface area contributed by atoms with Crippen molar-refractivity contribution in [2.45, 2.75) is 33.3 Å². The van der Waals surface area contributed by atoms with Crippen molar-refractivity contribution in [3.8, 4) is 0 Å². The first-order valence-electron chi connectivity index (χ1n) is 5.55. The van der Waals surface area contributed by atoms with Crippen LogP contribution in [0.4, 0.5) is 0 Å². The van der Waals surface area contributed by atoms with Gasteiger partial charge in [-0.1, -0.05) is 11.6 Å². The van der Waals surface area contributed by atoms with Gasteiger partial charge in [0, 0.05) is 11.1 Å². The fourth-order valence-electron chi connectivity index (χ4n) is 1.57. The van der Waals surface area contributed by atoms with Crippen LogP contribution in [0.5, 0.6) is 0 Å². The summed E-state index contributed by atoms with van der Waals surface area (Å²) < 4.78 is 6.18. The minimum atomic E-state index is -0.515. The van der Waals surface area contributed by atoms with Gasteiger partial charge in [-0.05, 0) is 33.8 Å². The van der Waals surface area contributed by atoms with E-state index in [4.69, 9.17) is 16.3 Å². The van der Waals surface area contributed by atoms with Crippen molar-refractivity contribution >= 4 is 39.1 Å². The Morgan fingerprint density at radius 2 is 2.11 bits per heavy atom. The Morgan fingerprint density at radius 1 is 1.44 bits per heavy atom. The largest absolute Gasteiger partial charge is 0.456 e. The summed E-state index contributed by atoms with van der Waals surface area (Å²) in [6.45, 7) is 7.36. The molecule has 0 bridgehead atoms. The fourth-order valence-corrected chi connectivity index (χ4v) is 2.83. The maximum atomic E-state index is 12.1. The molecule has 18 heavy (non-hydrogen) atoms. The molecule has 2 heterocycles. The van der Waals surface area contributed by atoms with E-state index in [1.165, 1.54) is 11.3 Å². The minimum absolute atomic E-state index is 0.358. The molecular weight excluding hydrogens is 270 g/mol. The molecule has 0 aliphatic heterocycles. The van der Waals surface area contributed by atoms with Crippen molar-refractivity contribution in [3.05, 3.63) is 27.7 Å². The number of carbonyl (C=O) groups is 1. The van der Waals surface area contributed by atoms with Gasteiger partial charge >= 0.3 is 5.97 Å². The van der Waals surface area contributed by atoms with Crippen LogP contribution >= 0.6 is 22.9 Å². The van der Waals surface area contributed by atoms with Gasteiger partial charge in [-0.3, -0.25) is 4.98 Å². The number of hydrogen-bond acceptors (Lipinski definition) is 4. The smallest absolute Gasteiger partial charge is 0.341 e. The average Bonchev–Trinajstić information content (AvgIpc) is 2.58. The summed E-state index contributed by atoms with van der Waals surface area (Å²) in [6, 6.07) is 1.79. The van der Waals surface area contributed by atoms with E-state index in [2.05, 4.69) is 4.98 Å². The number of esters is 1. The lowest BCUT2D eigenvalue weighted by atomic mass is 10.2. The van der Waals surface area contributed by atoms with Gasteiger partial charge in [0.2, 0.25) is 0 Å². The monoisotopic (exact) mass is 283 g/mol. The SMILES string of the molecule is Cc1cc(Cl)c2scc(C(=O)OC(C)(C)C)c2n1. The molecule has 0 spiro atoms. The Hall–Kier alpha value is -1.13. The lowest BCUT2D eigenvalue weighted by Gasteiger charge is -2.19. The third-order valence-electron chi connectivity index (χ3n) is 2.22. The van der Waals surface area contributed by atoms with E-state index in [1.807, 2.05) is 27.7 Å². The number of carbonyl (C=O) groups excluding carboxylic acids is 1. The van der Waals surface area contributed by atoms with Crippen molar-refractivity contribution < 1.29 is 9.53 Å². The first-order chi connectivity index (χ1) is 8.28. The van der Waals surface area contributed by atoms with Crippen LogP contribution in [-0.4, -0.2) is 16.6 Å². The summed E-state index contributed by atoms with van der Waals surface area (Å²) in [6.07, 6.45) is 0. The van der Waals surface area contributed by atoms with E-state index < -0.39 is 5.60 Å². The molecule has 0 amide bonds. The van der Waals surface area contributed by atoms with E-state index in [0.29, 0.717) is 16.1 Å². The van der Waals surface area contributed by atoms with Crippen LogP contribution in [0.2, 0.25) is 5.02 Å². The maximum absolute atomic E-state index is 12.1. The summed E-state index contributed by atoms with van der Waals surface area (Å²) in [5, 5.41) is 2.37. The van der Waals surface area contributed by atoms with E-state index in [0.717, 1.165) is 10.4 Å². The molecule has 0 aliphatic carbocycles. The lowest BCUT2D eigenvalue weighted by Crippen LogP contribution is -2.23. The molecule has 0 saturated carbocycles. The number of hydrogen-bond donors (Lipinski definition) is 0. The van der Waals surface area contributed by atoms with Gasteiger partial charge < -0.3 is 4.74 Å². The number of thiophene rings is 1. The number of halogens is 1. The number of aromatic nitrogens is 1. The van der Waals surface area contributed by atoms with Crippen LogP contribution in [0.1, 0.15) is 36.8 Å². The predicted molar refractivity (Wildman–Crippen MR) is 74.5 cm³/mol. The number of pyridine rings is 1. The van der Waals surface area contributed by atoms with Crippen molar-refractivity contribution in [3.63, 3.8) is 0 Å². The zero-order valence-electron chi connectivity index (χ0n) is 10.7. The Balaban J connectivity index is 2.49. The van der Waals surface area contributed by atoms with Gasteiger partial charge in [0.05, 0.1) is 20.8 Å². The lowest BCUT2D eigenvalue weighted by molar-refractivity contribution is 0.00722. The second-order valence-corrected chi connectivity index (χ2v) is 6.36.